The SMILES string of the molecule is CN=C1CCN(c2ncc(-c3nc(C(F)(F)F)cn3C)cn2)C/C1=C(/N)c1c(OC)ncnc1C1CC1. The molecule has 1 saturated carbocycles. The lowest BCUT2D eigenvalue weighted by atomic mass is 9.95. The van der Waals surface area contributed by atoms with Gasteiger partial charge in [0.2, 0.25) is 11.8 Å². The van der Waals surface area contributed by atoms with Crippen LogP contribution in [-0.2, 0) is 13.2 Å². The Kier molecular flexibility index (Phi) is 6.30. The van der Waals surface area contributed by atoms with E-state index in [9.17, 15) is 13.2 Å². The monoisotopic (exact) mass is 513 g/mol. The average Bonchev–Trinajstić information content (AvgIpc) is 3.67. The highest BCUT2D eigenvalue weighted by Gasteiger charge is 2.35. The molecule has 0 atom stereocenters. The summed E-state index contributed by atoms with van der Waals surface area (Å²) >= 11 is 0. The van der Waals surface area contributed by atoms with Crippen LogP contribution >= 0.6 is 0 Å². The highest BCUT2D eigenvalue weighted by molar-refractivity contribution is 6.08. The van der Waals surface area contributed by atoms with E-state index in [0.717, 1.165) is 36.0 Å². The Balaban J connectivity index is 1.46. The fourth-order valence-corrected chi connectivity index (χ4v) is 4.49. The Morgan fingerprint density at radius 3 is 2.49 bits per heavy atom. The van der Waals surface area contributed by atoms with E-state index >= 15 is 0 Å². The highest BCUT2D eigenvalue weighted by Crippen LogP contribution is 2.44. The lowest BCUT2D eigenvalue weighted by molar-refractivity contribution is -0.140. The zero-order valence-electron chi connectivity index (χ0n) is 20.6. The Morgan fingerprint density at radius 1 is 1.16 bits per heavy atom. The Morgan fingerprint density at radius 2 is 1.89 bits per heavy atom. The quantitative estimate of drug-likeness (QED) is 0.552. The Hall–Kier alpha value is -4.03. The summed E-state index contributed by atoms with van der Waals surface area (Å²) in [6.45, 7) is 0.988. The van der Waals surface area contributed by atoms with E-state index in [1.807, 2.05) is 4.90 Å². The summed E-state index contributed by atoms with van der Waals surface area (Å²) < 4.78 is 46.0. The number of hydrogen-bond acceptors (Lipinski definition) is 9. The number of methoxy groups -OCH3 is 1. The van der Waals surface area contributed by atoms with Gasteiger partial charge in [-0.05, 0) is 12.8 Å². The maximum Gasteiger partial charge on any atom is 0.434 e. The zero-order valence-corrected chi connectivity index (χ0v) is 20.6. The summed E-state index contributed by atoms with van der Waals surface area (Å²) in [7, 11) is 4.78. The molecule has 0 amide bonds. The fourth-order valence-electron chi connectivity index (χ4n) is 4.49. The molecule has 13 heteroatoms. The number of aromatic nitrogens is 6. The Bertz CT molecular complexity index is 1380. The second-order valence-corrected chi connectivity index (χ2v) is 8.98. The van der Waals surface area contributed by atoms with Gasteiger partial charge in [0.05, 0.1) is 29.6 Å². The van der Waals surface area contributed by atoms with E-state index in [2.05, 4.69) is 29.9 Å². The van der Waals surface area contributed by atoms with Crippen molar-refractivity contribution in [1.29, 1.82) is 0 Å². The van der Waals surface area contributed by atoms with E-state index in [4.69, 9.17) is 10.5 Å². The molecule has 37 heavy (non-hydrogen) atoms. The molecule has 0 spiro atoms. The van der Waals surface area contributed by atoms with E-state index in [1.54, 1.807) is 14.2 Å². The van der Waals surface area contributed by atoms with Gasteiger partial charge >= 0.3 is 6.18 Å². The topological polar surface area (TPSA) is 120 Å². The molecule has 5 rings (SSSR count). The lowest BCUT2D eigenvalue weighted by Gasteiger charge is -2.31. The molecule has 194 valence electrons. The van der Waals surface area contributed by atoms with Gasteiger partial charge in [-0.2, -0.15) is 13.2 Å². The summed E-state index contributed by atoms with van der Waals surface area (Å²) in [5.41, 5.74) is 9.91. The normalized spacial score (nSPS) is 18.9. The maximum atomic E-state index is 13.1. The van der Waals surface area contributed by atoms with Crippen molar-refractivity contribution in [1.82, 2.24) is 29.5 Å². The van der Waals surface area contributed by atoms with Crippen molar-refractivity contribution in [2.24, 2.45) is 17.8 Å². The third kappa shape index (κ3) is 4.72. The van der Waals surface area contributed by atoms with Gasteiger partial charge in [-0.1, -0.05) is 0 Å². The van der Waals surface area contributed by atoms with E-state index in [-0.39, 0.29) is 5.82 Å². The molecule has 0 radical (unpaired) electrons. The molecular weight excluding hydrogens is 487 g/mol. The molecule has 10 nitrogen and oxygen atoms in total. The van der Waals surface area contributed by atoms with Crippen LogP contribution in [0.1, 0.15) is 42.1 Å². The molecular formula is C24H26F3N9O. The number of aryl methyl sites for hydroxylation is 1. The number of alkyl halides is 3. The van der Waals surface area contributed by atoms with Crippen molar-refractivity contribution < 1.29 is 17.9 Å². The lowest BCUT2D eigenvalue weighted by Crippen LogP contribution is -2.38. The number of imidazole rings is 1. The third-order valence-electron chi connectivity index (χ3n) is 6.53. The van der Waals surface area contributed by atoms with Crippen molar-refractivity contribution in [3.05, 3.63) is 47.4 Å². The van der Waals surface area contributed by atoms with Crippen molar-refractivity contribution in [2.45, 2.75) is 31.4 Å². The van der Waals surface area contributed by atoms with Crippen LogP contribution in [-0.4, -0.2) is 62.4 Å². The molecule has 1 aliphatic heterocycles. The first-order valence-electron chi connectivity index (χ1n) is 11.7. The van der Waals surface area contributed by atoms with Crippen LogP contribution in [0.5, 0.6) is 5.88 Å². The van der Waals surface area contributed by atoms with E-state index in [1.165, 1.54) is 30.3 Å². The molecule has 2 aliphatic rings. The molecule has 1 aliphatic carbocycles. The largest absolute Gasteiger partial charge is 0.480 e. The molecule has 2 fully saturated rings. The number of aliphatic imine (C=N–C) groups is 1. The van der Waals surface area contributed by atoms with E-state index < -0.39 is 11.9 Å². The minimum absolute atomic E-state index is 0.131. The number of rotatable bonds is 5. The molecule has 2 N–H and O–H groups in total. The summed E-state index contributed by atoms with van der Waals surface area (Å²) in [5.74, 6) is 1.30. The summed E-state index contributed by atoms with van der Waals surface area (Å²) in [6.07, 6.45) is 3.54. The maximum absolute atomic E-state index is 13.1. The Labute approximate surface area is 211 Å². The highest BCUT2D eigenvalue weighted by atomic mass is 19.4. The van der Waals surface area contributed by atoms with Gasteiger partial charge in [0.25, 0.3) is 0 Å². The number of nitrogens with zero attached hydrogens (tertiary/aromatic N) is 8. The van der Waals surface area contributed by atoms with Crippen molar-refractivity contribution in [3.63, 3.8) is 0 Å². The zero-order chi connectivity index (χ0) is 26.3. The van der Waals surface area contributed by atoms with Gasteiger partial charge in [0, 0.05) is 69.4 Å². The average molecular weight is 514 g/mol. The van der Waals surface area contributed by atoms with Gasteiger partial charge in [0.1, 0.15) is 12.2 Å². The standard InChI is InChI=1S/C24H26F3N9O/c1-29-16-6-7-36(10-15(16)19(28)18-20(13-4-5-13)32-12-33-22(18)37-3)23-30-8-14(9-31-23)21-34-17(11-35(21)2)24(25,26)27/h8-9,11-13H,4-7,10,28H2,1-3H3/b19-15-,29-16?. The molecule has 0 aromatic carbocycles. The number of anilines is 1. The smallest absolute Gasteiger partial charge is 0.434 e. The van der Waals surface area contributed by atoms with Gasteiger partial charge in [-0.3, -0.25) is 4.99 Å². The predicted octanol–water partition coefficient (Wildman–Crippen LogP) is 3.22. The molecule has 3 aromatic rings. The first-order chi connectivity index (χ1) is 17.7. The van der Waals surface area contributed by atoms with Gasteiger partial charge in [0.15, 0.2) is 5.69 Å². The number of hydrogen-bond donors (Lipinski definition) is 1. The van der Waals surface area contributed by atoms with Gasteiger partial charge in [-0.15, -0.1) is 0 Å². The summed E-state index contributed by atoms with van der Waals surface area (Å²) in [6, 6.07) is 0. The van der Waals surface area contributed by atoms with Crippen LogP contribution < -0.4 is 15.4 Å². The van der Waals surface area contributed by atoms with Crippen LogP contribution in [0.25, 0.3) is 17.1 Å². The fraction of sp³-hybridized carbons (Fsp3) is 0.417. The van der Waals surface area contributed by atoms with Crippen LogP contribution in [0, 0.1) is 0 Å². The van der Waals surface area contributed by atoms with Crippen molar-refractivity contribution in [2.75, 3.05) is 32.1 Å². The van der Waals surface area contributed by atoms with Gasteiger partial charge in [-0.25, -0.2) is 24.9 Å². The first-order valence-corrected chi connectivity index (χ1v) is 11.7. The van der Waals surface area contributed by atoms with E-state index in [0.29, 0.717) is 54.1 Å². The molecule has 3 aromatic heterocycles. The molecule has 1 saturated heterocycles. The minimum atomic E-state index is -4.53. The van der Waals surface area contributed by atoms with Crippen LogP contribution in [0.15, 0.2) is 35.5 Å². The predicted molar refractivity (Wildman–Crippen MR) is 131 cm³/mol. The second kappa shape index (κ2) is 9.45. The van der Waals surface area contributed by atoms with Crippen molar-refractivity contribution in [3.8, 4) is 17.3 Å². The van der Waals surface area contributed by atoms with Crippen LogP contribution in [0.3, 0.4) is 0 Å². The number of piperidine rings is 1. The summed E-state index contributed by atoms with van der Waals surface area (Å²) in [5, 5.41) is 0. The third-order valence-corrected chi connectivity index (χ3v) is 6.53. The molecule has 4 heterocycles. The number of nitrogens with two attached hydrogens (primary N) is 1. The van der Waals surface area contributed by atoms with Gasteiger partial charge < -0.3 is 19.9 Å². The molecule has 0 bridgehead atoms. The number of halogens is 3. The summed E-state index contributed by atoms with van der Waals surface area (Å²) in [4.78, 5) is 27.7. The van der Waals surface area contributed by atoms with Crippen LogP contribution in [0.4, 0.5) is 19.1 Å². The molecule has 0 unspecified atom stereocenters. The minimum Gasteiger partial charge on any atom is -0.480 e. The van der Waals surface area contributed by atoms with Crippen molar-refractivity contribution >= 4 is 17.4 Å². The first kappa shape index (κ1) is 24.7. The van der Waals surface area contributed by atoms with Crippen LogP contribution in [0.2, 0.25) is 0 Å². The second-order valence-electron chi connectivity index (χ2n) is 8.98. The number of ether oxygens (including phenoxy) is 1.